The van der Waals surface area contributed by atoms with Crippen molar-refractivity contribution in [2.24, 2.45) is 11.3 Å². The number of hydrogen-bond acceptors (Lipinski definition) is 5. The van der Waals surface area contributed by atoms with E-state index in [1.54, 1.807) is 12.0 Å². The highest BCUT2D eigenvalue weighted by Gasteiger charge is 2.50. The van der Waals surface area contributed by atoms with Crippen LogP contribution >= 0.6 is 15.9 Å². The van der Waals surface area contributed by atoms with E-state index in [0.717, 1.165) is 21.4 Å². The molecule has 2 atom stereocenters. The molecule has 7 heteroatoms. The molecule has 2 aromatic rings. The van der Waals surface area contributed by atoms with Crippen LogP contribution in [-0.2, 0) is 14.3 Å². The van der Waals surface area contributed by atoms with Crippen molar-refractivity contribution in [1.29, 1.82) is 5.41 Å². The molecule has 0 fully saturated rings. The third-order valence-electron chi connectivity index (χ3n) is 6.36. The average molecular weight is 511 g/mol. The number of nitrogens with zero attached hydrogens (tertiary/aromatic N) is 1. The van der Waals surface area contributed by atoms with Crippen LogP contribution < -0.4 is 9.64 Å². The minimum absolute atomic E-state index is 0.00517. The lowest BCUT2D eigenvalue weighted by molar-refractivity contribution is -0.143. The second-order valence-corrected chi connectivity index (χ2v) is 10.2. The lowest BCUT2D eigenvalue weighted by atomic mass is 9.66. The van der Waals surface area contributed by atoms with Gasteiger partial charge in [0.25, 0.3) is 0 Å². The van der Waals surface area contributed by atoms with E-state index in [1.807, 2.05) is 48.5 Å². The molecule has 1 aliphatic heterocycles. The van der Waals surface area contributed by atoms with Crippen molar-refractivity contribution >= 4 is 39.2 Å². The summed E-state index contributed by atoms with van der Waals surface area (Å²) in [5.41, 5.74) is 2.64. The summed E-state index contributed by atoms with van der Waals surface area (Å²) in [4.78, 5) is 28.4. The molecule has 0 aromatic heterocycles. The number of anilines is 1. The van der Waals surface area contributed by atoms with Crippen LogP contribution in [0.1, 0.15) is 38.2 Å². The van der Waals surface area contributed by atoms with Gasteiger partial charge < -0.3 is 14.4 Å². The monoisotopic (exact) mass is 510 g/mol. The van der Waals surface area contributed by atoms with Crippen LogP contribution in [0.4, 0.5) is 5.69 Å². The van der Waals surface area contributed by atoms with E-state index < -0.39 is 17.8 Å². The van der Waals surface area contributed by atoms with Gasteiger partial charge in [-0.15, -0.1) is 0 Å². The average Bonchev–Trinajstić information content (AvgIpc) is 2.78. The molecule has 0 amide bonds. The molecule has 4 rings (SSSR count). The van der Waals surface area contributed by atoms with Gasteiger partial charge in [0.2, 0.25) is 0 Å². The number of rotatable bonds is 4. The molecule has 33 heavy (non-hydrogen) atoms. The highest BCUT2D eigenvalue weighted by molar-refractivity contribution is 9.10. The normalized spacial score (nSPS) is 22.2. The summed E-state index contributed by atoms with van der Waals surface area (Å²) in [6.45, 7) is 4.12. The van der Waals surface area contributed by atoms with Crippen molar-refractivity contribution < 1.29 is 19.1 Å². The third kappa shape index (κ3) is 4.22. The topological polar surface area (TPSA) is 79.7 Å². The van der Waals surface area contributed by atoms with Crippen LogP contribution in [-0.4, -0.2) is 31.8 Å². The third-order valence-corrected chi connectivity index (χ3v) is 6.89. The van der Waals surface area contributed by atoms with E-state index in [2.05, 4.69) is 29.8 Å². The fraction of sp³-hybridized carbons (Fsp3) is 0.346. The molecule has 0 saturated heterocycles. The molecule has 1 heterocycles. The minimum atomic E-state index is -0.948. The van der Waals surface area contributed by atoms with Crippen LogP contribution in [0.2, 0.25) is 0 Å². The van der Waals surface area contributed by atoms with Gasteiger partial charge in [0.1, 0.15) is 17.5 Å². The van der Waals surface area contributed by atoms with Crippen molar-refractivity contribution in [2.45, 2.75) is 32.6 Å². The Kier molecular flexibility index (Phi) is 6.18. The van der Waals surface area contributed by atoms with Crippen molar-refractivity contribution in [1.82, 2.24) is 0 Å². The SMILES string of the molecule is COC(=O)C1C(=N)N(c2ccc(Br)cc2)C2=C(C(=O)CC(C)(C)C2)C1c1ccc(OC)cc1. The molecule has 2 aromatic carbocycles. The van der Waals surface area contributed by atoms with Gasteiger partial charge in [-0.1, -0.05) is 41.9 Å². The van der Waals surface area contributed by atoms with Gasteiger partial charge in [-0.2, -0.15) is 0 Å². The van der Waals surface area contributed by atoms with Crippen LogP contribution in [0.15, 0.2) is 64.3 Å². The van der Waals surface area contributed by atoms with E-state index >= 15 is 0 Å². The number of ketones is 1. The van der Waals surface area contributed by atoms with Crippen molar-refractivity contribution in [3.63, 3.8) is 0 Å². The van der Waals surface area contributed by atoms with Gasteiger partial charge in [0, 0.05) is 33.8 Å². The second kappa shape index (κ2) is 8.78. The first-order valence-corrected chi connectivity index (χ1v) is 11.6. The summed E-state index contributed by atoms with van der Waals surface area (Å²) in [5, 5.41) is 9.15. The predicted octanol–water partition coefficient (Wildman–Crippen LogP) is 5.47. The smallest absolute Gasteiger partial charge is 0.317 e. The van der Waals surface area contributed by atoms with Crippen LogP contribution in [0.3, 0.4) is 0 Å². The standard InChI is InChI=1S/C26H27BrN2O4/c1-26(2)13-19-22(20(30)14-26)21(15-5-11-18(32-3)12-6-15)23(25(31)33-4)24(28)29(19)17-9-7-16(27)8-10-17/h5-12,21,23,28H,13-14H2,1-4H3. The number of esters is 1. The number of allylic oxidation sites excluding steroid dienone is 2. The molecule has 172 valence electrons. The quantitative estimate of drug-likeness (QED) is 0.551. The van der Waals surface area contributed by atoms with E-state index in [9.17, 15) is 9.59 Å². The first-order chi connectivity index (χ1) is 15.7. The Balaban J connectivity index is 1.98. The Labute approximate surface area is 202 Å². The first-order valence-electron chi connectivity index (χ1n) is 10.8. The maximum Gasteiger partial charge on any atom is 0.317 e. The second-order valence-electron chi connectivity index (χ2n) is 9.25. The molecule has 6 nitrogen and oxygen atoms in total. The van der Waals surface area contributed by atoms with Crippen LogP contribution in [0.25, 0.3) is 0 Å². The number of carbonyl (C=O) groups is 2. The summed E-state index contributed by atoms with van der Waals surface area (Å²) in [6, 6.07) is 14.9. The minimum Gasteiger partial charge on any atom is -0.497 e. The fourth-order valence-electron chi connectivity index (χ4n) is 4.89. The number of methoxy groups -OCH3 is 2. The van der Waals surface area contributed by atoms with Crippen LogP contribution in [0, 0.1) is 16.7 Å². The number of benzene rings is 2. The molecule has 2 unspecified atom stereocenters. The molecular weight excluding hydrogens is 484 g/mol. The Morgan fingerprint density at radius 1 is 1.06 bits per heavy atom. The van der Waals surface area contributed by atoms with Gasteiger partial charge in [0.15, 0.2) is 5.78 Å². The zero-order valence-electron chi connectivity index (χ0n) is 19.1. The number of halogens is 1. The maximum absolute atomic E-state index is 13.6. The summed E-state index contributed by atoms with van der Waals surface area (Å²) in [6.07, 6.45) is 1.00. The molecule has 1 N–H and O–H groups in total. The molecule has 1 aliphatic carbocycles. The Morgan fingerprint density at radius 3 is 2.27 bits per heavy atom. The number of amidine groups is 1. The van der Waals surface area contributed by atoms with E-state index in [4.69, 9.17) is 14.9 Å². The molecular formula is C26H27BrN2O4. The molecule has 0 radical (unpaired) electrons. The number of carbonyl (C=O) groups excluding carboxylic acids is 2. The van der Waals surface area contributed by atoms with Gasteiger partial charge >= 0.3 is 5.97 Å². The molecule has 0 spiro atoms. The van der Waals surface area contributed by atoms with Crippen molar-refractivity contribution in [3.05, 3.63) is 69.8 Å². The number of hydrogen-bond donors (Lipinski definition) is 1. The Hall–Kier alpha value is -2.93. The van der Waals surface area contributed by atoms with Gasteiger partial charge in [-0.05, 0) is 53.8 Å². The van der Waals surface area contributed by atoms with E-state index in [0.29, 0.717) is 24.2 Å². The Morgan fingerprint density at radius 2 is 1.70 bits per heavy atom. The lowest BCUT2D eigenvalue weighted by Gasteiger charge is -2.46. The molecule has 0 saturated carbocycles. The lowest BCUT2D eigenvalue weighted by Crippen LogP contribution is -2.50. The highest BCUT2D eigenvalue weighted by atomic mass is 79.9. The zero-order valence-corrected chi connectivity index (χ0v) is 20.7. The van der Waals surface area contributed by atoms with Crippen LogP contribution in [0.5, 0.6) is 5.75 Å². The van der Waals surface area contributed by atoms with Gasteiger partial charge in [0.05, 0.1) is 14.2 Å². The number of nitrogens with one attached hydrogen (secondary N) is 1. The highest BCUT2D eigenvalue weighted by Crippen LogP contribution is 2.50. The zero-order chi connectivity index (χ0) is 23.9. The van der Waals surface area contributed by atoms with Gasteiger partial charge in [-0.25, -0.2) is 0 Å². The number of Topliss-reactive ketones (excluding diaryl/α,β-unsaturated/α-hetero) is 1. The molecule has 2 aliphatic rings. The summed E-state index contributed by atoms with van der Waals surface area (Å²) in [7, 11) is 2.91. The first kappa shape index (κ1) is 23.2. The number of ether oxygens (including phenoxy) is 2. The summed E-state index contributed by atoms with van der Waals surface area (Å²) in [5.74, 6) is -1.29. The Bertz CT molecular complexity index is 1140. The molecule has 0 bridgehead atoms. The van der Waals surface area contributed by atoms with Gasteiger partial charge in [-0.3, -0.25) is 15.0 Å². The fourth-order valence-corrected chi connectivity index (χ4v) is 5.16. The largest absolute Gasteiger partial charge is 0.497 e. The van der Waals surface area contributed by atoms with E-state index in [-0.39, 0.29) is 17.0 Å². The maximum atomic E-state index is 13.6. The predicted molar refractivity (Wildman–Crippen MR) is 131 cm³/mol. The van der Waals surface area contributed by atoms with Crippen molar-refractivity contribution in [3.8, 4) is 5.75 Å². The summed E-state index contributed by atoms with van der Waals surface area (Å²) >= 11 is 3.46. The summed E-state index contributed by atoms with van der Waals surface area (Å²) < 4.78 is 11.3. The van der Waals surface area contributed by atoms with Crippen molar-refractivity contribution in [2.75, 3.05) is 19.1 Å². The van der Waals surface area contributed by atoms with E-state index in [1.165, 1.54) is 7.11 Å².